The minimum atomic E-state index is 0.349. The van der Waals surface area contributed by atoms with E-state index in [0.29, 0.717) is 11.5 Å². The van der Waals surface area contributed by atoms with Crippen LogP contribution in [0.1, 0.15) is 62.9 Å². The summed E-state index contributed by atoms with van der Waals surface area (Å²) in [4.78, 5) is 3.54. The van der Waals surface area contributed by atoms with Gasteiger partial charge in [-0.3, -0.25) is 0 Å². The number of allylic oxidation sites excluding steroid dienone is 2. The molecule has 0 unspecified atom stereocenters. The topological polar surface area (TPSA) is 27.8 Å². The van der Waals surface area contributed by atoms with Crippen molar-refractivity contribution >= 4 is 11.1 Å². The van der Waals surface area contributed by atoms with Gasteiger partial charge in [-0.05, 0) is 69.1 Å². The van der Waals surface area contributed by atoms with Gasteiger partial charge in [0.15, 0.2) is 0 Å². The van der Waals surface area contributed by atoms with Crippen molar-refractivity contribution in [2.45, 2.75) is 58.0 Å². The molecule has 0 aliphatic heterocycles. The molecule has 2 fully saturated rings. The Bertz CT molecular complexity index is 542. The van der Waals surface area contributed by atoms with Gasteiger partial charge in [0, 0.05) is 29.0 Å². The number of aromatic nitrogens is 1. The zero-order valence-corrected chi connectivity index (χ0v) is 12.8. The molecule has 1 aromatic heterocycles. The van der Waals surface area contributed by atoms with E-state index in [0.717, 1.165) is 12.1 Å². The predicted octanol–water partition coefficient (Wildman–Crippen LogP) is 4.50. The highest BCUT2D eigenvalue weighted by Gasteiger charge is 2.31. The normalized spacial score (nSPS) is 20.5. The first-order chi connectivity index (χ1) is 9.48. The number of hydrogen-bond acceptors (Lipinski definition) is 1. The lowest BCUT2D eigenvalue weighted by atomic mass is 9.78. The summed E-state index contributed by atoms with van der Waals surface area (Å²) in [6, 6.07) is 2.28. The molecule has 1 heterocycles. The average molecular weight is 270 g/mol. The molecule has 2 saturated carbocycles. The highest BCUT2D eigenvalue weighted by atomic mass is 15.0. The fraction of sp³-hybridized carbons (Fsp3) is 0.556. The van der Waals surface area contributed by atoms with E-state index in [4.69, 9.17) is 0 Å². The largest absolute Gasteiger partial charge is 0.357 e. The second-order valence-corrected chi connectivity index (χ2v) is 6.93. The molecule has 0 bridgehead atoms. The molecule has 108 valence electrons. The van der Waals surface area contributed by atoms with Gasteiger partial charge in [-0.15, -0.1) is 0 Å². The summed E-state index contributed by atoms with van der Waals surface area (Å²) in [5, 5.41) is 3.68. The molecule has 0 spiro atoms. The lowest BCUT2D eigenvalue weighted by molar-refractivity contribution is 0.206. The van der Waals surface area contributed by atoms with E-state index >= 15 is 0 Å². The molecule has 2 nitrogen and oxygen atoms in total. The predicted molar refractivity (Wildman–Crippen MR) is 86.4 cm³/mol. The average Bonchev–Trinajstić information content (AvgIpc) is 3.12. The van der Waals surface area contributed by atoms with Crippen molar-refractivity contribution in [3.05, 3.63) is 36.2 Å². The fourth-order valence-corrected chi connectivity index (χ4v) is 3.04. The minimum absolute atomic E-state index is 0.349. The van der Waals surface area contributed by atoms with Gasteiger partial charge in [0.05, 0.1) is 0 Å². The van der Waals surface area contributed by atoms with Crippen molar-refractivity contribution in [1.29, 1.82) is 0 Å². The zero-order chi connectivity index (χ0) is 14.3. The first kappa shape index (κ1) is 13.7. The van der Waals surface area contributed by atoms with Crippen LogP contribution in [0.2, 0.25) is 0 Å². The van der Waals surface area contributed by atoms with Crippen LogP contribution in [0.3, 0.4) is 0 Å². The van der Waals surface area contributed by atoms with Crippen LogP contribution in [0.4, 0.5) is 0 Å². The molecule has 1 aromatic rings. The summed E-state index contributed by atoms with van der Waals surface area (Å²) >= 11 is 0. The van der Waals surface area contributed by atoms with E-state index in [2.05, 4.69) is 43.4 Å². The third kappa shape index (κ3) is 2.62. The SMILES string of the molecule is C=C(C)c1[nH]c(CNC2(C)CCC2)cc1C(=C)C1CC1. The second-order valence-electron chi connectivity index (χ2n) is 6.93. The van der Waals surface area contributed by atoms with Crippen LogP contribution in [0.15, 0.2) is 19.2 Å². The van der Waals surface area contributed by atoms with Gasteiger partial charge in [0.25, 0.3) is 0 Å². The maximum absolute atomic E-state index is 4.30. The van der Waals surface area contributed by atoms with Crippen LogP contribution in [-0.2, 0) is 6.54 Å². The van der Waals surface area contributed by atoms with E-state index in [1.807, 2.05) is 0 Å². The standard InChI is InChI=1S/C18H26N2/c1-12(2)17-16(13(3)14-6-7-14)10-15(20-17)11-19-18(4)8-5-9-18/h10,14,19-20H,1,3,5-9,11H2,2,4H3. The molecule has 3 rings (SSSR count). The van der Waals surface area contributed by atoms with Crippen LogP contribution in [0, 0.1) is 5.92 Å². The maximum atomic E-state index is 4.30. The Kier molecular flexibility index (Phi) is 3.37. The Morgan fingerprint density at radius 1 is 1.40 bits per heavy atom. The third-order valence-electron chi connectivity index (χ3n) is 4.88. The van der Waals surface area contributed by atoms with Crippen molar-refractivity contribution < 1.29 is 0 Å². The maximum Gasteiger partial charge on any atom is 0.0482 e. The molecule has 2 heteroatoms. The summed E-state index contributed by atoms with van der Waals surface area (Å²) in [7, 11) is 0. The third-order valence-corrected chi connectivity index (χ3v) is 4.88. The Balaban J connectivity index is 1.76. The molecule has 0 aromatic carbocycles. The smallest absolute Gasteiger partial charge is 0.0482 e. The van der Waals surface area contributed by atoms with Gasteiger partial charge in [-0.1, -0.05) is 13.2 Å². The Morgan fingerprint density at radius 3 is 2.60 bits per heavy atom. The molecule has 0 saturated heterocycles. The Labute approximate surface area is 122 Å². The number of hydrogen-bond donors (Lipinski definition) is 2. The first-order valence-electron chi connectivity index (χ1n) is 7.80. The van der Waals surface area contributed by atoms with E-state index in [-0.39, 0.29) is 0 Å². The lowest BCUT2D eigenvalue weighted by Crippen LogP contribution is -2.47. The molecular weight excluding hydrogens is 244 g/mol. The Hall–Kier alpha value is -1.28. The van der Waals surface area contributed by atoms with E-state index < -0.39 is 0 Å². The van der Waals surface area contributed by atoms with Crippen molar-refractivity contribution in [2.24, 2.45) is 5.92 Å². The monoisotopic (exact) mass is 270 g/mol. The molecule has 2 N–H and O–H groups in total. The van der Waals surface area contributed by atoms with E-state index in [1.54, 1.807) is 0 Å². The molecule has 2 aliphatic carbocycles. The highest BCUT2D eigenvalue weighted by Crippen LogP contribution is 2.42. The van der Waals surface area contributed by atoms with Gasteiger partial charge < -0.3 is 10.3 Å². The van der Waals surface area contributed by atoms with E-state index in [9.17, 15) is 0 Å². The molecular formula is C18H26N2. The summed E-state index contributed by atoms with van der Waals surface area (Å²) in [6.07, 6.45) is 6.54. The summed E-state index contributed by atoms with van der Waals surface area (Å²) in [6.45, 7) is 13.7. The highest BCUT2D eigenvalue weighted by molar-refractivity contribution is 5.78. The van der Waals surface area contributed by atoms with Gasteiger partial charge in [0.1, 0.15) is 0 Å². The van der Waals surface area contributed by atoms with Gasteiger partial charge in [-0.2, -0.15) is 0 Å². The number of H-pyrrole nitrogens is 1. The van der Waals surface area contributed by atoms with Crippen LogP contribution in [0.5, 0.6) is 0 Å². The summed E-state index contributed by atoms with van der Waals surface area (Å²) in [5.41, 5.74) is 6.46. The van der Waals surface area contributed by atoms with Gasteiger partial charge in [-0.25, -0.2) is 0 Å². The second kappa shape index (κ2) is 4.92. The van der Waals surface area contributed by atoms with Crippen molar-refractivity contribution in [3.63, 3.8) is 0 Å². The van der Waals surface area contributed by atoms with Crippen LogP contribution < -0.4 is 5.32 Å². The molecule has 2 aliphatic rings. The van der Waals surface area contributed by atoms with Crippen molar-refractivity contribution in [2.75, 3.05) is 0 Å². The van der Waals surface area contributed by atoms with Crippen LogP contribution in [-0.4, -0.2) is 10.5 Å². The number of nitrogens with one attached hydrogen (secondary N) is 2. The van der Waals surface area contributed by atoms with E-state index in [1.165, 1.54) is 54.6 Å². The number of rotatable bonds is 6. The summed E-state index contributed by atoms with van der Waals surface area (Å²) in [5.74, 6) is 0.703. The summed E-state index contributed by atoms with van der Waals surface area (Å²) < 4.78 is 0. The molecule has 20 heavy (non-hydrogen) atoms. The number of aromatic amines is 1. The molecule has 0 amide bonds. The van der Waals surface area contributed by atoms with Crippen LogP contribution >= 0.6 is 0 Å². The van der Waals surface area contributed by atoms with Crippen molar-refractivity contribution in [1.82, 2.24) is 10.3 Å². The minimum Gasteiger partial charge on any atom is -0.357 e. The van der Waals surface area contributed by atoms with Crippen molar-refractivity contribution in [3.8, 4) is 0 Å². The first-order valence-corrected chi connectivity index (χ1v) is 7.80. The lowest BCUT2D eigenvalue weighted by Gasteiger charge is -2.39. The van der Waals surface area contributed by atoms with Gasteiger partial charge >= 0.3 is 0 Å². The van der Waals surface area contributed by atoms with Crippen LogP contribution in [0.25, 0.3) is 11.1 Å². The molecule has 0 radical (unpaired) electrons. The zero-order valence-electron chi connectivity index (χ0n) is 12.8. The Morgan fingerprint density at radius 2 is 2.10 bits per heavy atom. The van der Waals surface area contributed by atoms with Gasteiger partial charge in [0.2, 0.25) is 0 Å². The fourth-order valence-electron chi connectivity index (χ4n) is 3.04. The molecule has 0 atom stereocenters. The quantitative estimate of drug-likeness (QED) is 0.782.